The van der Waals surface area contributed by atoms with Crippen LogP contribution in [0.15, 0.2) is 23.8 Å². The maximum Gasteiger partial charge on any atom is 0.00928 e. The summed E-state index contributed by atoms with van der Waals surface area (Å²) in [7, 11) is 0. The minimum atomic E-state index is 0.790. The summed E-state index contributed by atoms with van der Waals surface area (Å²) in [6.45, 7) is 3.54. The third-order valence-electron chi connectivity index (χ3n) is 3.75. The van der Waals surface area contributed by atoms with E-state index < -0.39 is 0 Å². The largest absolute Gasteiger partial charge is 0.313 e. The average molecular weight is 205 g/mol. The van der Waals surface area contributed by atoms with Crippen molar-refractivity contribution in [3.05, 3.63) is 23.8 Å². The van der Waals surface area contributed by atoms with Crippen LogP contribution < -0.4 is 5.32 Å². The zero-order valence-corrected chi connectivity index (χ0v) is 9.84. The Hall–Kier alpha value is -0.560. The fourth-order valence-electron chi connectivity index (χ4n) is 2.70. The Balaban J connectivity index is 1.66. The van der Waals surface area contributed by atoms with Gasteiger partial charge in [-0.15, -0.1) is 0 Å². The second-order valence-corrected chi connectivity index (χ2v) is 4.98. The summed E-state index contributed by atoms with van der Waals surface area (Å²) < 4.78 is 0. The van der Waals surface area contributed by atoms with Crippen molar-refractivity contribution < 1.29 is 0 Å². The van der Waals surface area contributed by atoms with Gasteiger partial charge >= 0.3 is 0 Å². The van der Waals surface area contributed by atoms with E-state index in [0.29, 0.717) is 0 Å². The number of rotatable bonds is 4. The summed E-state index contributed by atoms with van der Waals surface area (Å²) in [4.78, 5) is 0. The minimum Gasteiger partial charge on any atom is -0.313 e. The Labute approximate surface area is 93.6 Å². The van der Waals surface area contributed by atoms with Crippen LogP contribution >= 0.6 is 0 Å². The lowest BCUT2D eigenvalue weighted by atomic mass is 10.0. The van der Waals surface area contributed by atoms with Crippen LogP contribution in [-0.2, 0) is 0 Å². The van der Waals surface area contributed by atoms with Crippen molar-refractivity contribution in [1.82, 2.24) is 5.32 Å². The number of allylic oxidation sites excluding steroid dienone is 3. The third kappa shape index (κ3) is 3.20. The van der Waals surface area contributed by atoms with Crippen molar-refractivity contribution in [2.24, 2.45) is 5.92 Å². The Bertz CT molecular complexity index is 252. The first-order valence-electron chi connectivity index (χ1n) is 6.45. The van der Waals surface area contributed by atoms with Crippen molar-refractivity contribution in [1.29, 1.82) is 0 Å². The van der Waals surface area contributed by atoms with Crippen LogP contribution in [0.2, 0.25) is 0 Å². The first-order valence-corrected chi connectivity index (χ1v) is 6.45. The second-order valence-electron chi connectivity index (χ2n) is 4.98. The molecule has 2 aliphatic rings. The second kappa shape index (κ2) is 5.50. The van der Waals surface area contributed by atoms with Gasteiger partial charge in [-0.05, 0) is 44.6 Å². The van der Waals surface area contributed by atoms with E-state index in [1.807, 2.05) is 0 Å². The van der Waals surface area contributed by atoms with Crippen molar-refractivity contribution in [2.75, 3.05) is 6.54 Å². The molecule has 1 nitrogen and oxygen atoms in total. The van der Waals surface area contributed by atoms with E-state index in [-0.39, 0.29) is 0 Å². The molecule has 0 spiro atoms. The molecule has 0 aromatic carbocycles. The molecule has 2 rings (SSSR count). The van der Waals surface area contributed by atoms with E-state index in [9.17, 15) is 0 Å². The monoisotopic (exact) mass is 205 g/mol. The van der Waals surface area contributed by atoms with E-state index in [0.717, 1.165) is 18.5 Å². The Kier molecular flexibility index (Phi) is 4.01. The molecule has 2 atom stereocenters. The van der Waals surface area contributed by atoms with Crippen molar-refractivity contribution in [2.45, 2.75) is 51.5 Å². The van der Waals surface area contributed by atoms with Gasteiger partial charge in [-0.1, -0.05) is 37.1 Å². The fraction of sp³-hybridized carbons (Fsp3) is 0.714. The van der Waals surface area contributed by atoms with Crippen LogP contribution in [0.3, 0.4) is 0 Å². The van der Waals surface area contributed by atoms with Crippen molar-refractivity contribution in [3.63, 3.8) is 0 Å². The lowest BCUT2D eigenvalue weighted by Gasteiger charge is -2.17. The van der Waals surface area contributed by atoms with E-state index in [2.05, 4.69) is 30.5 Å². The van der Waals surface area contributed by atoms with Gasteiger partial charge in [-0.25, -0.2) is 0 Å². The van der Waals surface area contributed by atoms with Crippen LogP contribution in [0.4, 0.5) is 0 Å². The van der Waals surface area contributed by atoms with Gasteiger partial charge in [0.2, 0.25) is 0 Å². The van der Waals surface area contributed by atoms with Crippen molar-refractivity contribution in [3.8, 4) is 0 Å². The SMILES string of the molecule is CC1CCCC1NCCC1=CCCC=C1. The highest BCUT2D eigenvalue weighted by molar-refractivity contribution is 5.22. The van der Waals surface area contributed by atoms with Crippen LogP contribution in [0.5, 0.6) is 0 Å². The number of hydrogen-bond acceptors (Lipinski definition) is 1. The van der Waals surface area contributed by atoms with Gasteiger partial charge in [-0.2, -0.15) is 0 Å². The maximum atomic E-state index is 3.70. The fourth-order valence-corrected chi connectivity index (χ4v) is 2.70. The predicted molar refractivity (Wildman–Crippen MR) is 65.9 cm³/mol. The highest BCUT2D eigenvalue weighted by Crippen LogP contribution is 2.24. The molecule has 1 N–H and O–H groups in total. The molecule has 0 amide bonds. The minimum absolute atomic E-state index is 0.790. The molecule has 1 heteroatoms. The van der Waals surface area contributed by atoms with Crippen LogP contribution in [-0.4, -0.2) is 12.6 Å². The first-order chi connectivity index (χ1) is 7.36. The van der Waals surface area contributed by atoms with Crippen LogP contribution in [0, 0.1) is 5.92 Å². The molecule has 15 heavy (non-hydrogen) atoms. The van der Waals surface area contributed by atoms with Crippen LogP contribution in [0.1, 0.15) is 45.4 Å². The highest BCUT2D eigenvalue weighted by atomic mass is 14.9. The summed E-state index contributed by atoms with van der Waals surface area (Å²) in [5.41, 5.74) is 1.53. The molecule has 1 saturated carbocycles. The molecule has 0 aromatic rings. The zero-order chi connectivity index (χ0) is 10.5. The van der Waals surface area contributed by atoms with Gasteiger partial charge in [0.25, 0.3) is 0 Å². The number of nitrogens with one attached hydrogen (secondary N) is 1. The lowest BCUT2D eigenvalue weighted by Crippen LogP contribution is -2.31. The summed E-state index contributed by atoms with van der Waals surface area (Å²) in [5, 5.41) is 3.70. The summed E-state index contributed by atoms with van der Waals surface area (Å²) in [5.74, 6) is 0.890. The van der Waals surface area contributed by atoms with E-state index in [4.69, 9.17) is 0 Å². The summed E-state index contributed by atoms with van der Waals surface area (Å²) >= 11 is 0. The molecule has 2 unspecified atom stereocenters. The number of hydrogen-bond donors (Lipinski definition) is 1. The molecular weight excluding hydrogens is 182 g/mol. The van der Waals surface area contributed by atoms with Crippen molar-refractivity contribution >= 4 is 0 Å². The quantitative estimate of drug-likeness (QED) is 0.741. The standard InChI is InChI=1S/C14H23N/c1-12-6-5-9-14(12)15-11-10-13-7-3-2-4-8-13/h3,7-8,12,14-15H,2,4-6,9-11H2,1H3. The molecule has 0 bridgehead atoms. The van der Waals surface area contributed by atoms with Gasteiger partial charge in [0.1, 0.15) is 0 Å². The average Bonchev–Trinajstić information content (AvgIpc) is 2.66. The van der Waals surface area contributed by atoms with Gasteiger partial charge in [0.15, 0.2) is 0 Å². The smallest absolute Gasteiger partial charge is 0.00928 e. The van der Waals surface area contributed by atoms with Gasteiger partial charge in [-0.3, -0.25) is 0 Å². The zero-order valence-electron chi connectivity index (χ0n) is 9.84. The highest BCUT2D eigenvalue weighted by Gasteiger charge is 2.22. The molecule has 0 radical (unpaired) electrons. The van der Waals surface area contributed by atoms with E-state index >= 15 is 0 Å². The molecular formula is C14H23N. The topological polar surface area (TPSA) is 12.0 Å². The molecule has 84 valence electrons. The molecule has 0 heterocycles. The van der Waals surface area contributed by atoms with E-state index in [1.54, 1.807) is 0 Å². The lowest BCUT2D eigenvalue weighted by molar-refractivity contribution is 0.430. The Morgan fingerprint density at radius 1 is 1.33 bits per heavy atom. The molecule has 1 fully saturated rings. The van der Waals surface area contributed by atoms with Gasteiger partial charge in [0.05, 0.1) is 0 Å². The third-order valence-corrected chi connectivity index (χ3v) is 3.75. The molecule has 0 aromatic heterocycles. The molecule has 0 saturated heterocycles. The van der Waals surface area contributed by atoms with Gasteiger partial charge < -0.3 is 5.32 Å². The Morgan fingerprint density at radius 3 is 2.93 bits per heavy atom. The normalized spacial score (nSPS) is 30.6. The Morgan fingerprint density at radius 2 is 2.27 bits per heavy atom. The predicted octanol–water partition coefficient (Wildman–Crippen LogP) is 3.43. The first kappa shape index (κ1) is 10.9. The van der Waals surface area contributed by atoms with Gasteiger partial charge in [0, 0.05) is 6.04 Å². The molecule has 0 aliphatic heterocycles. The maximum absolute atomic E-state index is 3.70. The van der Waals surface area contributed by atoms with Crippen LogP contribution in [0.25, 0.3) is 0 Å². The summed E-state index contributed by atoms with van der Waals surface area (Å²) in [6, 6.07) is 0.790. The molecule has 2 aliphatic carbocycles. The summed E-state index contributed by atoms with van der Waals surface area (Å²) in [6.07, 6.45) is 14.9. The van der Waals surface area contributed by atoms with E-state index in [1.165, 1.54) is 44.1 Å².